The molecule has 6 heteroatoms. The van der Waals surface area contributed by atoms with Gasteiger partial charge in [0.2, 0.25) is 11.7 Å². The van der Waals surface area contributed by atoms with Gasteiger partial charge in [-0.3, -0.25) is 0 Å². The summed E-state index contributed by atoms with van der Waals surface area (Å²) in [4.78, 5) is 4.63. The van der Waals surface area contributed by atoms with Crippen LogP contribution in [0, 0.1) is 13.8 Å². The Hall–Kier alpha value is -2.63. The quantitative estimate of drug-likeness (QED) is 0.708. The van der Waals surface area contributed by atoms with Crippen LogP contribution in [0.1, 0.15) is 49.1 Å². The molecule has 0 amide bonds. The maximum absolute atomic E-state index is 6.07. The molecule has 6 nitrogen and oxygen atoms in total. The van der Waals surface area contributed by atoms with E-state index in [2.05, 4.69) is 35.2 Å². The first-order valence-electron chi connectivity index (χ1n) is 7.99. The third-order valence-electron chi connectivity index (χ3n) is 4.37. The molecule has 3 aromatic rings. The van der Waals surface area contributed by atoms with Crippen LogP contribution >= 0.6 is 0 Å². The molecular weight excluding hydrogens is 306 g/mol. The average molecular weight is 325 g/mol. The highest BCUT2D eigenvalue weighted by Gasteiger charge is 2.37. The van der Waals surface area contributed by atoms with E-state index in [-0.39, 0.29) is 11.5 Å². The molecule has 0 aliphatic carbocycles. The van der Waals surface area contributed by atoms with Gasteiger partial charge in [-0.1, -0.05) is 28.5 Å². The number of aryl methyl sites for hydroxylation is 2. The minimum atomic E-state index is -0.295. The van der Waals surface area contributed by atoms with E-state index in [4.69, 9.17) is 13.8 Å². The van der Waals surface area contributed by atoms with Gasteiger partial charge in [0.15, 0.2) is 0 Å². The predicted molar refractivity (Wildman–Crippen MR) is 86.9 cm³/mol. The highest BCUT2D eigenvalue weighted by molar-refractivity contribution is 5.59. The smallest absolute Gasteiger partial charge is 0.234 e. The number of aromatic nitrogens is 3. The van der Waals surface area contributed by atoms with Crippen LogP contribution in [0.3, 0.4) is 0 Å². The van der Waals surface area contributed by atoms with Gasteiger partial charge in [-0.15, -0.1) is 0 Å². The monoisotopic (exact) mass is 325 g/mol. The number of nitrogens with zero attached hydrogens (tertiary/aromatic N) is 3. The molecule has 1 unspecified atom stereocenters. The van der Waals surface area contributed by atoms with Gasteiger partial charge in [0.25, 0.3) is 0 Å². The van der Waals surface area contributed by atoms with Crippen molar-refractivity contribution in [3.8, 4) is 17.1 Å². The number of benzene rings is 1. The lowest BCUT2D eigenvalue weighted by molar-refractivity contribution is 0.0725. The molecule has 0 saturated heterocycles. The van der Waals surface area contributed by atoms with Crippen LogP contribution in [-0.2, 0) is 0 Å². The molecule has 1 aliphatic rings. The van der Waals surface area contributed by atoms with Gasteiger partial charge in [0.1, 0.15) is 17.1 Å². The number of rotatable bonds is 2. The van der Waals surface area contributed by atoms with Gasteiger partial charge in [-0.2, -0.15) is 4.98 Å². The lowest BCUT2D eigenvalue weighted by Crippen LogP contribution is -2.35. The molecule has 3 heterocycles. The summed E-state index contributed by atoms with van der Waals surface area (Å²) in [6.45, 7) is 7.86. The van der Waals surface area contributed by atoms with Crippen LogP contribution in [0.15, 0.2) is 33.3 Å². The van der Waals surface area contributed by atoms with Crippen molar-refractivity contribution in [2.24, 2.45) is 0 Å². The van der Waals surface area contributed by atoms with Crippen LogP contribution in [0.2, 0.25) is 0 Å². The van der Waals surface area contributed by atoms with Crippen LogP contribution < -0.4 is 4.74 Å². The predicted octanol–water partition coefficient (Wildman–Crippen LogP) is 4.03. The summed E-state index contributed by atoms with van der Waals surface area (Å²) in [6.07, 6.45) is 0.771. The molecule has 124 valence electrons. The summed E-state index contributed by atoms with van der Waals surface area (Å²) >= 11 is 0. The fourth-order valence-electron chi connectivity index (χ4n) is 3.30. The van der Waals surface area contributed by atoms with Crippen molar-refractivity contribution in [1.82, 2.24) is 15.3 Å². The lowest BCUT2D eigenvalue weighted by Gasteiger charge is -2.36. The van der Waals surface area contributed by atoms with Crippen LogP contribution in [0.5, 0.6) is 5.75 Å². The van der Waals surface area contributed by atoms with Crippen molar-refractivity contribution in [3.05, 3.63) is 47.2 Å². The van der Waals surface area contributed by atoms with Crippen molar-refractivity contribution in [3.63, 3.8) is 0 Å². The van der Waals surface area contributed by atoms with Gasteiger partial charge in [0, 0.05) is 12.0 Å². The second-order valence-corrected chi connectivity index (χ2v) is 6.81. The van der Waals surface area contributed by atoms with E-state index in [0.29, 0.717) is 17.5 Å². The Bertz CT molecular complexity index is 875. The second kappa shape index (κ2) is 5.19. The zero-order valence-corrected chi connectivity index (χ0v) is 14.2. The van der Waals surface area contributed by atoms with Crippen LogP contribution in [-0.4, -0.2) is 20.9 Å². The minimum Gasteiger partial charge on any atom is -0.488 e. The number of ether oxygens (including phenoxy) is 1. The number of hydrogen-bond acceptors (Lipinski definition) is 6. The first-order chi connectivity index (χ1) is 11.4. The minimum absolute atomic E-state index is 0.00618. The van der Waals surface area contributed by atoms with E-state index in [9.17, 15) is 0 Å². The molecule has 4 rings (SSSR count). The average Bonchev–Trinajstić information content (AvgIpc) is 3.12. The molecule has 0 bridgehead atoms. The Morgan fingerprint density at radius 2 is 1.88 bits per heavy atom. The summed E-state index contributed by atoms with van der Waals surface area (Å²) in [5.74, 6) is 2.67. The summed E-state index contributed by atoms with van der Waals surface area (Å²) in [5.41, 5.74) is 2.33. The molecule has 0 N–H and O–H groups in total. The Labute approximate surface area is 139 Å². The Morgan fingerprint density at radius 3 is 2.62 bits per heavy atom. The summed E-state index contributed by atoms with van der Waals surface area (Å²) in [5, 5.41) is 8.11. The first kappa shape index (κ1) is 14.9. The Balaban J connectivity index is 1.77. The SMILES string of the molecule is Cc1noc(C)c1-c1noc(C2CC(C)(C)Oc3ccccc32)n1. The summed E-state index contributed by atoms with van der Waals surface area (Å²) in [6, 6.07) is 8.00. The molecule has 1 atom stereocenters. The highest BCUT2D eigenvalue weighted by Crippen LogP contribution is 2.43. The molecule has 24 heavy (non-hydrogen) atoms. The zero-order chi connectivity index (χ0) is 16.9. The Kier molecular flexibility index (Phi) is 3.23. The number of para-hydroxylation sites is 1. The molecule has 2 aromatic heterocycles. The van der Waals surface area contributed by atoms with Crippen LogP contribution in [0.25, 0.3) is 11.4 Å². The highest BCUT2D eigenvalue weighted by atomic mass is 16.5. The number of hydrogen-bond donors (Lipinski definition) is 0. The van der Waals surface area contributed by atoms with Crippen molar-refractivity contribution >= 4 is 0 Å². The molecular formula is C18H19N3O3. The Morgan fingerprint density at radius 1 is 1.08 bits per heavy atom. The maximum atomic E-state index is 6.07. The molecule has 0 radical (unpaired) electrons. The van der Waals surface area contributed by atoms with Crippen molar-refractivity contribution in [1.29, 1.82) is 0 Å². The fourth-order valence-corrected chi connectivity index (χ4v) is 3.30. The molecule has 0 fully saturated rings. The molecule has 0 spiro atoms. The van der Waals surface area contributed by atoms with Gasteiger partial charge >= 0.3 is 0 Å². The van der Waals surface area contributed by atoms with Crippen molar-refractivity contribution in [2.75, 3.05) is 0 Å². The van der Waals surface area contributed by atoms with Crippen LogP contribution in [0.4, 0.5) is 0 Å². The van der Waals surface area contributed by atoms with E-state index < -0.39 is 0 Å². The lowest BCUT2D eigenvalue weighted by atomic mass is 9.84. The third-order valence-corrected chi connectivity index (χ3v) is 4.37. The van der Waals surface area contributed by atoms with Gasteiger partial charge < -0.3 is 13.8 Å². The maximum Gasteiger partial charge on any atom is 0.234 e. The van der Waals surface area contributed by atoms with Gasteiger partial charge in [-0.25, -0.2) is 0 Å². The van der Waals surface area contributed by atoms with E-state index in [1.807, 2.05) is 32.0 Å². The molecule has 1 aromatic carbocycles. The van der Waals surface area contributed by atoms with E-state index in [0.717, 1.165) is 29.0 Å². The van der Waals surface area contributed by atoms with Gasteiger partial charge in [0.05, 0.1) is 17.2 Å². The largest absolute Gasteiger partial charge is 0.488 e. The second-order valence-electron chi connectivity index (χ2n) is 6.81. The number of fused-ring (bicyclic) bond motifs is 1. The van der Waals surface area contributed by atoms with Crippen molar-refractivity contribution in [2.45, 2.75) is 45.6 Å². The summed E-state index contributed by atoms with van der Waals surface area (Å²) in [7, 11) is 0. The fraction of sp³-hybridized carbons (Fsp3) is 0.389. The summed E-state index contributed by atoms with van der Waals surface area (Å²) < 4.78 is 16.9. The molecule has 0 saturated carbocycles. The standard InChI is InChI=1S/C18H19N3O3/c1-10-15(11(2)23-20-10)16-19-17(24-21-16)13-9-18(3,4)22-14-8-6-5-7-12(13)14/h5-8,13H,9H2,1-4H3. The van der Waals surface area contributed by atoms with Gasteiger partial charge in [-0.05, 0) is 33.8 Å². The topological polar surface area (TPSA) is 74.2 Å². The first-order valence-corrected chi connectivity index (χ1v) is 7.99. The van der Waals surface area contributed by atoms with Crippen molar-refractivity contribution < 1.29 is 13.8 Å². The molecule has 1 aliphatic heterocycles. The third kappa shape index (κ3) is 2.38. The van der Waals surface area contributed by atoms with E-state index >= 15 is 0 Å². The van der Waals surface area contributed by atoms with E-state index in [1.165, 1.54) is 0 Å². The van der Waals surface area contributed by atoms with E-state index in [1.54, 1.807) is 0 Å². The zero-order valence-electron chi connectivity index (χ0n) is 14.2. The normalized spacial score (nSPS) is 18.9.